The average molecular weight is 443 g/mol. The number of sulfonamides is 1. The lowest BCUT2D eigenvalue weighted by atomic mass is 10.1. The first-order chi connectivity index (χ1) is 14.8. The highest BCUT2D eigenvalue weighted by Crippen LogP contribution is 2.33. The molecule has 2 heterocycles. The maximum Gasteiger partial charge on any atom is 0.266 e. The van der Waals surface area contributed by atoms with E-state index in [1.165, 1.54) is 25.2 Å². The Balaban J connectivity index is 1.42. The van der Waals surface area contributed by atoms with Gasteiger partial charge in [-0.15, -0.1) is 10.2 Å². The van der Waals surface area contributed by atoms with E-state index in [1.54, 1.807) is 0 Å². The second kappa shape index (κ2) is 8.38. The third kappa shape index (κ3) is 4.38. The lowest BCUT2D eigenvalue weighted by molar-refractivity contribution is -0.125. The van der Waals surface area contributed by atoms with Crippen LogP contribution in [0.3, 0.4) is 0 Å². The first kappa shape index (κ1) is 20.9. The van der Waals surface area contributed by atoms with Crippen molar-refractivity contribution in [3.05, 3.63) is 53.9 Å². The standard InChI is InChI=1S/C21H21N3O6S/c1-14-3-5-15(6-4-14)21-23-22-19(30-21)9-10-20(25)24(2)31(26,27)16-7-8-17-18(13-16)29-12-11-28-17/h3-8,13H,9-12H2,1-2H3. The SMILES string of the molecule is Cc1ccc(-c2nnc(CCC(=O)N(C)S(=O)(=O)c3ccc4c(c3)OCCO4)o2)cc1. The van der Waals surface area contributed by atoms with Gasteiger partial charge in [-0.25, -0.2) is 12.7 Å². The van der Waals surface area contributed by atoms with E-state index in [0.29, 0.717) is 30.6 Å². The van der Waals surface area contributed by atoms with Gasteiger partial charge in [-0.2, -0.15) is 0 Å². The van der Waals surface area contributed by atoms with E-state index in [4.69, 9.17) is 13.9 Å². The number of amides is 1. The van der Waals surface area contributed by atoms with Gasteiger partial charge in [-0.1, -0.05) is 17.7 Å². The van der Waals surface area contributed by atoms with Crippen molar-refractivity contribution in [1.82, 2.24) is 14.5 Å². The first-order valence-electron chi connectivity index (χ1n) is 9.65. The molecule has 0 radical (unpaired) electrons. The molecule has 0 unspecified atom stereocenters. The molecule has 10 heteroatoms. The molecule has 0 N–H and O–H groups in total. The van der Waals surface area contributed by atoms with Crippen LogP contribution < -0.4 is 9.47 Å². The minimum Gasteiger partial charge on any atom is -0.486 e. The Morgan fingerprint density at radius 1 is 1.03 bits per heavy atom. The molecule has 0 atom stereocenters. The van der Waals surface area contributed by atoms with Crippen molar-refractivity contribution in [3.63, 3.8) is 0 Å². The molecular weight excluding hydrogens is 422 g/mol. The van der Waals surface area contributed by atoms with E-state index < -0.39 is 15.9 Å². The van der Waals surface area contributed by atoms with Crippen LogP contribution in [-0.2, 0) is 21.2 Å². The summed E-state index contributed by atoms with van der Waals surface area (Å²) in [5.41, 5.74) is 1.88. The molecule has 0 aliphatic carbocycles. The summed E-state index contributed by atoms with van der Waals surface area (Å²) in [5, 5.41) is 7.94. The second-order valence-corrected chi connectivity index (χ2v) is 9.01. The molecule has 1 amide bonds. The molecule has 1 aliphatic rings. The number of aryl methyl sites for hydroxylation is 2. The Hall–Kier alpha value is -3.40. The first-order valence-corrected chi connectivity index (χ1v) is 11.1. The van der Waals surface area contributed by atoms with E-state index in [-0.39, 0.29) is 23.6 Å². The van der Waals surface area contributed by atoms with Crippen molar-refractivity contribution < 1.29 is 27.1 Å². The predicted octanol–water partition coefficient (Wildman–Crippen LogP) is 2.60. The quantitative estimate of drug-likeness (QED) is 0.571. The summed E-state index contributed by atoms with van der Waals surface area (Å²) < 4.78 is 42.8. The van der Waals surface area contributed by atoms with Gasteiger partial charge in [0.2, 0.25) is 17.7 Å². The number of nitrogens with zero attached hydrogens (tertiary/aromatic N) is 3. The molecule has 31 heavy (non-hydrogen) atoms. The highest BCUT2D eigenvalue weighted by Gasteiger charge is 2.27. The maximum absolute atomic E-state index is 12.8. The van der Waals surface area contributed by atoms with Crippen LogP contribution in [0.5, 0.6) is 11.5 Å². The van der Waals surface area contributed by atoms with E-state index in [2.05, 4.69) is 10.2 Å². The fourth-order valence-electron chi connectivity index (χ4n) is 3.02. The summed E-state index contributed by atoms with van der Waals surface area (Å²) in [5.74, 6) is 0.821. The molecule has 4 rings (SSSR count). The number of fused-ring (bicyclic) bond motifs is 1. The largest absolute Gasteiger partial charge is 0.486 e. The van der Waals surface area contributed by atoms with E-state index in [9.17, 15) is 13.2 Å². The predicted molar refractivity (Wildman–Crippen MR) is 110 cm³/mol. The molecule has 9 nitrogen and oxygen atoms in total. The van der Waals surface area contributed by atoms with Crippen LogP contribution in [0.15, 0.2) is 51.8 Å². The average Bonchev–Trinajstić information content (AvgIpc) is 3.26. The zero-order valence-corrected chi connectivity index (χ0v) is 17.9. The van der Waals surface area contributed by atoms with Gasteiger partial charge in [0.1, 0.15) is 13.2 Å². The summed E-state index contributed by atoms with van der Waals surface area (Å²) in [6, 6.07) is 11.9. The maximum atomic E-state index is 12.8. The zero-order chi connectivity index (χ0) is 22.0. The molecule has 0 saturated carbocycles. The molecule has 0 saturated heterocycles. The zero-order valence-electron chi connectivity index (χ0n) is 17.1. The van der Waals surface area contributed by atoms with Crippen molar-refractivity contribution in [3.8, 4) is 23.0 Å². The number of ether oxygens (including phenoxy) is 2. The number of carbonyl (C=O) groups is 1. The molecule has 0 fully saturated rings. The number of rotatable bonds is 6. The van der Waals surface area contributed by atoms with Crippen molar-refractivity contribution in [2.75, 3.05) is 20.3 Å². The van der Waals surface area contributed by atoms with Gasteiger partial charge in [0.25, 0.3) is 10.0 Å². The van der Waals surface area contributed by atoms with E-state index in [1.807, 2.05) is 31.2 Å². The number of hydrogen-bond donors (Lipinski definition) is 0. The lowest BCUT2D eigenvalue weighted by Gasteiger charge is -2.21. The Morgan fingerprint density at radius 3 is 2.48 bits per heavy atom. The van der Waals surface area contributed by atoms with Crippen molar-refractivity contribution >= 4 is 15.9 Å². The van der Waals surface area contributed by atoms with E-state index >= 15 is 0 Å². The Morgan fingerprint density at radius 2 is 1.74 bits per heavy atom. The third-order valence-electron chi connectivity index (χ3n) is 4.84. The smallest absolute Gasteiger partial charge is 0.266 e. The molecule has 2 aromatic carbocycles. The van der Waals surface area contributed by atoms with Crippen LogP contribution in [0.2, 0.25) is 0 Å². The summed E-state index contributed by atoms with van der Waals surface area (Å²) in [6.45, 7) is 2.71. The topological polar surface area (TPSA) is 112 Å². The Labute approximate surface area is 179 Å². The normalized spacial score (nSPS) is 13.1. The Kier molecular flexibility index (Phi) is 5.64. The summed E-state index contributed by atoms with van der Waals surface area (Å²) >= 11 is 0. The molecule has 3 aromatic rings. The number of hydrogen-bond acceptors (Lipinski definition) is 8. The minimum atomic E-state index is -4.04. The van der Waals surface area contributed by atoms with Gasteiger partial charge in [0.05, 0.1) is 4.90 Å². The molecule has 1 aromatic heterocycles. The molecule has 0 spiro atoms. The molecule has 1 aliphatic heterocycles. The number of carbonyl (C=O) groups excluding carboxylic acids is 1. The molecule has 0 bridgehead atoms. The lowest BCUT2D eigenvalue weighted by Crippen LogP contribution is -2.33. The van der Waals surface area contributed by atoms with Crippen molar-refractivity contribution in [2.24, 2.45) is 0 Å². The Bertz CT molecular complexity index is 1200. The summed E-state index contributed by atoms with van der Waals surface area (Å²) in [4.78, 5) is 12.5. The van der Waals surface area contributed by atoms with Gasteiger partial charge >= 0.3 is 0 Å². The van der Waals surface area contributed by atoms with Crippen LogP contribution in [-0.4, -0.2) is 49.1 Å². The van der Waals surface area contributed by atoms with Gasteiger partial charge in [0, 0.05) is 31.5 Å². The van der Waals surface area contributed by atoms with Gasteiger partial charge in [0.15, 0.2) is 11.5 Å². The number of benzene rings is 2. The fourth-order valence-corrected chi connectivity index (χ4v) is 4.19. The highest BCUT2D eigenvalue weighted by molar-refractivity contribution is 7.89. The monoisotopic (exact) mass is 443 g/mol. The van der Waals surface area contributed by atoms with Crippen LogP contribution in [0, 0.1) is 6.92 Å². The van der Waals surface area contributed by atoms with Gasteiger partial charge in [-0.3, -0.25) is 4.79 Å². The van der Waals surface area contributed by atoms with Crippen LogP contribution in [0.1, 0.15) is 17.9 Å². The van der Waals surface area contributed by atoms with Crippen LogP contribution in [0.25, 0.3) is 11.5 Å². The van der Waals surface area contributed by atoms with E-state index in [0.717, 1.165) is 15.4 Å². The third-order valence-corrected chi connectivity index (χ3v) is 6.62. The van der Waals surface area contributed by atoms with Gasteiger partial charge < -0.3 is 13.9 Å². The highest BCUT2D eigenvalue weighted by atomic mass is 32.2. The molecular formula is C21H21N3O6S. The van der Waals surface area contributed by atoms with Crippen LogP contribution >= 0.6 is 0 Å². The van der Waals surface area contributed by atoms with Crippen molar-refractivity contribution in [2.45, 2.75) is 24.7 Å². The minimum absolute atomic E-state index is 0.0490. The summed E-state index contributed by atoms with van der Waals surface area (Å²) in [7, 11) is -2.81. The second-order valence-electron chi connectivity index (χ2n) is 7.04. The summed E-state index contributed by atoms with van der Waals surface area (Å²) in [6.07, 6.45) is 0.0223. The van der Waals surface area contributed by atoms with Crippen LogP contribution in [0.4, 0.5) is 0 Å². The van der Waals surface area contributed by atoms with Gasteiger partial charge in [-0.05, 0) is 31.2 Å². The molecule has 162 valence electrons. The van der Waals surface area contributed by atoms with Crippen molar-refractivity contribution in [1.29, 1.82) is 0 Å². The fraction of sp³-hybridized carbons (Fsp3) is 0.286. The number of aromatic nitrogens is 2.